The molecular formula is C15H17N3O2S. The highest BCUT2D eigenvalue weighted by Gasteiger charge is 2.27. The maximum absolute atomic E-state index is 11.7. The van der Waals surface area contributed by atoms with Crippen molar-refractivity contribution in [3.05, 3.63) is 39.7 Å². The Balaban J connectivity index is 1.99. The molecule has 2 aromatic rings. The number of hydrogen-bond donors (Lipinski definition) is 1. The van der Waals surface area contributed by atoms with E-state index in [1.165, 1.54) is 17.6 Å². The summed E-state index contributed by atoms with van der Waals surface area (Å²) in [5.41, 5.74) is 8.24. The molecule has 3 rings (SSSR count). The Bertz CT molecular complexity index is 683. The Labute approximate surface area is 127 Å². The highest BCUT2D eigenvalue weighted by molar-refractivity contribution is 7.10. The van der Waals surface area contributed by atoms with Crippen LogP contribution in [0.3, 0.4) is 0 Å². The number of nitrogen functional groups attached to an aromatic ring is 1. The minimum Gasteiger partial charge on any atom is -0.464 e. The number of rotatable bonds is 2. The Morgan fingerprint density at radius 1 is 1.48 bits per heavy atom. The molecule has 1 aliphatic heterocycles. The maximum atomic E-state index is 11.7. The smallest absolute Gasteiger partial charge is 0.356 e. The molecule has 2 N–H and O–H groups in total. The topological polar surface area (TPSA) is 68.5 Å². The van der Waals surface area contributed by atoms with Gasteiger partial charge in [-0.2, -0.15) is 0 Å². The molecule has 0 saturated heterocycles. The molecule has 0 amide bonds. The van der Waals surface area contributed by atoms with Gasteiger partial charge in [-0.1, -0.05) is 0 Å². The summed E-state index contributed by atoms with van der Waals surface area (Å²) in [5.74, 6) is 0.208. The van der Waals surface area contributed by atoms with Crippen LogP contribution in [0.1, 0.15) is 33.9 Å². The van der Waals surface area contributed by atoms with Crippen LogP contribution in [-0.2, 0) is 11.2 Å². The Hall–Kier alpha value is -2.08. The number of carbonyl (C=O) groups excluding carboxylic acids is 1. The molecule has 0 radical (unpaired) electrons. The molecule has 2 aromatic heterocycles. The van der Waals surface area contributed by atoms with Crippen molar-refractivity contribution in [2.24, 2.45) is 0 Å². The number of aromatic nitrogens is 1. The molecule has 0 aliphatic carbocycles. The van der Waals surface area contributed by atoms with Gasteiger partial charge in [-0.25, -0.2) is 9.78 Å². The molecule has 3 heterocycles. The van der Waals surface area contributed by atoms with Crippen LogP contribution in [0.25, 0.3) is 0 Å². The number of carbonyl (C=O) groups is 1. The van der Waals surface area contributed by atoms with E-state index in [0.717, 1.165) is 13.0 Å². The third kappa shape index (κ3) is 2.35. The molecular weight excluding hydrogens is 286 g/mol. The number of nitrogens with two attached hydrogens (primary N) is 1. The van der Waals surface area contributed by atoms with Crippen LogP contribution < -0.4 is 10.6 Å². The van der Waals surface area contributed by atoms with Crippen LogP contribution in [0.5, 0.6) is 0 Å². The summed E-state index contributed by atoms with van der Waals surface area (Å²) in [5, 5.41) is 2.12. The second-order valence-corrected chi connectivity index (χ2v) is 6.02. The third-order valence-corrected chi connectivity index (χ3v) is 4.85. The van der Waals surface area contributed by atoms with E-state index in [9.17, 15) is 4.79 Å². The van der Waals surface area contributed by atoms with Gasteiger partial charge in [0.25, 0.3) is 0 Å². The van der Waals surface area contributed by atoms with Gasteiger partial charge in [0.05, 0.1) is 18.8 Å². The van der Waals surface area contributed by atoms with Crippen molar-refractivity contribution in [1.29, 1.82) is 0 Å². The number of nitrogens with zero attached hydrogens (tertiary/aromatic N) is 2. The second-order valence-electron chi connectivity index (χ2n) is 5.02. The lowest BCUT2D eigenvalue weighted by Crippen LogP contribution is -2.34. The van der Waals surface area contributed by atoms with Crippen molar-refractivity contribution in [2.45, 2.75) is 19.4 Å². The van der Waals surface area contributed by atoms with Crippen molar-refractivity contribution in [3.8, 4) is 0 Å². The number of hydrogen-bond acceptors (Lipinski definition) is 6. The first-order valence-corrected chi connectivity index (χ1v) is 7.67. The second kappa shape index (κ2) is 5.37. The molecule has 1 atom stereocenters. The molecule has 0 spiro atoms. The molecule has 0 fully saturated rings. The summed E-state index contributed by atoms with van der Waals surface area (Å²) < 4.78 is 4.73. The SMILES string of the molecule is COC(=O)c1ccc(N)c(N2CCc3sccc3C2C)n1. The minimum absolute atomic E-state index is 0.197. The summed E-state index contributed by atoms with van der Waals surface area (Å²) in [6, 6.07) is 5.65. The van der Waals surface area contributed by atoms with E-state index >= 15 is 0 Å². The first kappa shape index (κ1) is 13.9. The number of thiophene rings is 1. The zero-order valence-corrected chi connectivity index (χ0v) is 12.8. The van der Waals surface area contributed by atoms with E-state index in [1.807, 2.05) is 0 Å². The molecule has 1 unspecified atom stereocenters. The van der Waals surface area contributed by atoms with Crippen LogP contribution in [0.2, 0.25) is 0 Å². The highest BCUT2D eigenvalue weighted by Crippen LogP contribution is 2.37. The van der Waals surface area contributed by atoms with Crippen LogP contribution >= 0.6 is 11.3 Å². The van der Waals surface area contributed by atoms with Crippen LogP contribution in [0.4, 0.5) is 11.5 Å². The van der Waals surface area contributed by atoms with Gasteiger partial charge >= 0.3 is 5.97 Å². The van der Waals surface area contributed by atoms with Crippen molar-refractivity contribution in [3.63, 3.8) is 0 Å². The molecule has 1 aliphatic rings. The quantitative estimate of drug-likeness (QED) is 0.864. The summed E-state index contributed by atoms with van der Waals surface area (Å²) in [7, 11) is 1.35. The van der Waals surface area contributed by atoms with E-state index in [1.54, 1.807) is 23.5 Å². The zero-order chi connectivity index (χ0) is 15.0. The van der Waals surface area contributed by atoms with Crippen molar-refractivity contribution >= 4 is 28.8 Å². The predicted octanol–water partition coefficient (Wildman–Crippen LogP) is 2.64. The van der Waals surface area contributed by atoms with Gasteiger partial charge in [0.1, 0.15) is 0 Å². The summed E-state index contributed by atoms with van der Waals surface area (Å²) >= 11 is 1.79. The lowest BCUT2D eigenvalue weighted by atomic mass is 10.0. The van der Waals surface area contributed by atoms with Gasteiger partial charge < -0.3 is 15.4 Å². The third-order valence-electron chi connectivity index (χ3n) is 3.85. The van der Waals surface area contributed by atoms with Gasteiger partial charge in [0.15, 0.2) is 11.5 Å². The first-order chi connectivity index (χ1) is 10.1. The monoisotopic (exact) mass is 303 g/mol. The number of fused-ring (bicyclic) bond motifs is 1. The van der Waals surface area contributed by atoms with E-state index in [-0.39, 0.29) is 11.7 Å². The van der Waals surface area contributed by atoms with E-state index in [4.69, 9.17) is 10.5 Å². The van der Waals surface area contributed by atoms with Crippen molar-refractivity contribution < 1.29 is 9.53 Å². The maximum Gasteiger partial charge on any atom is 0.356 e. The van der Waals surface area contributed by atoms with Crippen LogP contribution in [0.15, 0.2) is 23.6 Å². The van der Waals surface area contributed by atoms with E-state index in [0.29, 0.717) is 11.5 Å². The first-order valence-electron chi connectivity index (χ1n) is 6.79. The molecule has 0 saturated carbocycles. The number of pyridine rings is 1. The molecule has 0 aromatic carbocycles. The van der Waals surface area contributed by atoms with Gasteiger partial charge in [0.2, 0.25) is 0 Å². The Morgan fingerprint density at radius 2 is 2.29 bits per heavy atom. The molecule has 5 nitrogen and oxygen atoms in total. The lowest BCUT2D eigenvalue weighted by molar-refractivity contribution is 0.0594. The van der Waals surface area contributed by atoms with Gasteiger partial charge in [-0.05, 0) is 42.5 Å². The Morgan fingerprint density at radius 3 is 3.05 bits per heavy atom. The molecule has 21 heavy (non-hydrogen) atoms. The average molecular weight is 303 g/mol. The van der Waals surface area contributed by atoms with E-state index in [2.05, 4.69) is 28.3 Å². The fourth-order valence-corrected chi connectivity index (χ4v) is 3.67. The summed E-state index contributed by atoms with van der Waals surface area (Å²) in [4.78, 5) is 19.6. The summed E-state index contributed by atoms with van der Waals surface area (Å²) in [6.07, 6.45) is 0.973. The van der Waals surface area contributed by atoms with Gasteiger partial charge in [-0.3, -0.25) is 0 Å². The Kier molecular flexibility index (Phi) is 3.55. The van der Waals surface area contributed by atoms with Gasteiger partial charge in [-0.15, -0.1) is 11.3 Å². The zero-order valence-electron chi connectivity index (χ0n) is 12.0. The predicted molar refractivity (Wildman–Crippen MR) is 83.8 cm³/mol. The van der Waals surface area contributed by atoms with E-state index < -0.39 is 5.97 Å². The number of ether oxygens (including phenoxy) is 1. The molecule has 0 bridgehead atoms. The standard InChI is InChI=1S/C15H17N3O2S/c1-9-10-6-8-21-13(10)5-7-18(9)14-11(16)3-4-12(17-14)15(19)20-2/h3-4,6,8-9H,5,7,16H2,1-2H3. The van der Waals surface area contributed by atoms with Crippen molar-refractivity contribution in [2.75, 3.05) is 24.3 Å². The number of esters is 1. The normalized spacial score (nSPS) is 17.4. The highest BCUT2D eigenvalue weighted by atomic mass is 32.1. The average Bonchev–Trinajstić information content (AvgIpc) is 2.97. The molecule has 6 heteroatoms. The van der Waals surface area contributed by atoms with Crippen molar-refractivity contribution in [1.82, 2.24) is 4.98 Å². The number of methoxy groups -OCH3 is 1. The fourth-order valence-electron chi connectivity index (χ4n) is 2.71. The largest absolute Gasteiger partial charge is 0.464 e. The van der Waals surface area contributed by atoms with Crippen LogP contribution in [0, 0.1) is 0 Å². The fraction of sp³-hybridized carbons (Fsp3) is 0.333. The summed E-state index contributed by atoms with van der Waals surface area (Å²) in [6.45, 7) is 2.98. The van der Waals surface area contributed by atoms with Crippen LogP contribution in [-0.4, -0.2) is 24.6 Å². The number of anilines is 2. The lowest BCUT2D eigenvalue weighted by Gasteiger charge is -2.35. The van der Waals surface area contributed by atoms with Gasteiger partial charge in [0, 0.05) is 11.4 Å². The minimum atomic E-state index is -0.447. The molecule has 110 valence electrons.